The molecule has 0 saturated heterocycles. The van der Waals surface area contributed by atoms with Gasteiger partial charge in [0.1, 0.15) is 0 Å². The van der Waals surface area contributed by atoms with Crippen molar-refractivity contribution in [2.75, 3.05) is 0 Å². The highest BCUT2D eigenvalue weighted by atomic mass is 32.2. The summed E-state index contributed by atoms with van der Waals surface area (Å²) in [5.74, 6) is 0. The van der Waals surface area contributed by atoms with Gasteiger partial charge in [0.15, 0.2) is 0 Å². The minimum absolute atomic E-state index is 0.0362. The zero-order valence-corrected chi connectivity index (χ0v) is 16.9. The van der Waals surface area contributed by atoms with Gasteiger partial charge in [0.05, 0.1) is 19.6 Å². The van der Waals surface area contributed by atoms with Crippen molar-refractivity contribution >= 4 is 19.7 Å². The van der Waals surface area contributed by atoms with Crippen LogP contribution in [0.4, 0.5) is 0 Å². The molecule has 0 N–H and O–H groups in total. The summed E-state index contributed by atoms with van der Waals surface area (Å²) in [4.78, 5) is 0.240. The summed E-state index contributed by atoms with van der Waals surface area (Å²) in [5, 5.41) is 0. The molecular formula is C21H20O4S2. The van der Waals surface area contributed by atoms with Crippen LogP contribution in [0, 0.1) is 20.8 Å². The second-order valence-corrected chi connectivity index (χ2v) is 10.3. The molecule has 0 bridgehead atoms. The number of rotatable bonds is 4. The first-order valence-electron chi connectivity index (χ1n) is 8.38. The summed E-state index contributed by atoms with van der Waals surface area (Å²) in [5.41, 5.74) is 2.59. The van der Waals surface area contributed by atoms with Crippen LogP contribution in [0.3, 0.4) is 0 Å². The molecule has 0 aliphatic rings. The second kappa shape index (κ2) is 6.94. The summed E-state index contributed by atoms with van der Waals surface area (Å²) in [6, 6.07) is 16.8. The van der Waals surface area contributed by atoms with Crippen LogP contribution in [0.5, 0.6) is 0 Å². The van der Waals surface area contributed by atoms with Gasteiger partial charge in [-0.05, 0) is 73.9 Å². The van der Waals surface area contributed by atoms with E-state index in [1.54, 1.807) is 37.3 Å². The summed E-state index contributed by atoms with van der Waals surface area (Å²) in [7, 11) is -7.63. The zero-order chi connectivity index (χ0) is 19.8. The van der Waals surface area contributed by atoms with Crippen molar-refractivity contribution in [3.05, 3.63) is 83.4 Å². The van der Waals surface area contributed by atoms with Gasteiger partial charge in [-0.1, -0.05) is 30.3 Å². The first kappa shape index (κ1) is 19.3. The van der Waals surface area contributed by atoms with Crippen molar-refractivity contribution in [1.29, 1.82) is 0 Å². The van der Waals surface area contributed by atoms with E-state index in [2.05, 4.69) is 0 Å². The molecule has 3 aromatic rings. The minimum atomic E-state index is -3.84. The van der Waals surface area contributed by atoms with Crippen LogP contribution in [0.25, 0.3) is 0 Å². The number of benzene rings is 3. The monoisotopic (exact) mass is 400 g/mol. The lowest BCUT2D eigenvalue weighted by atomic mass is 10.1. The van der Waals surface area contributed by atoms with Gasteiger partial charge >= 0.3 is 0 Å². The Balaban J connectivity index is 2.15. The lowest BCUT2D eigenvalue weighted by Crippen LogP contribution is -2.08. The molecule has 0 atom stereocenters. The predicted octanol–water partition coefficient (Wildman–Crippen LogP) is 4.28. The number of hydrogen-bond donors (Lipinski definition) is 0. The maximum Gasteiger partial charge on any atom is 0.206 e. The SMILES string of the molecule is Cc1ccc(S(=O)(=O)c2cccc(S(=O)(=O)c3ccccc3)c2)c(C)c1C. The molecule has 0 fully saturated rings. The Morgan fingerprint density at radius 2 is 1.11 bits per heavy atom. The first-order valence-corrected chi connectivity index (χ1v) is 11.3. The second-order valence-electron chi connectivity index (χ2n) is 6.43. The highest BCUT2D eigenvalue weighted by molar-refractivity contribution is 7.92. The molecule has 4 nitrogen and oxygen atoms in total. The van der Waals surface area contributed by atoms with Crippen LogP contribution in [-0.4, -0.2) is 16.8 Å². The molecule has 0 saturated carbocycles. The minimum Gasteiger partial charge on any atom is -0.219 e. The molecule has 0 aliphatic heterocycles. The Bertz CT molecular complexity index is 1210. The molecular weight excluding hydrogens is 380 g/mol. The van der Waals surface area contributed by atoms with E-state index in [1.165, 1.54) is 36.4 Å². The lowest BCUT2D eigenvalue weighted by molar-refractivity contribution is 0.593. The standard InChI is InChI=1S/C21H20O4S2/c1-15-12-13-21(17(3)16(15)2)27(24,25)20-11-7-10-19(14-20)26(22,23)18-8-5-4-6-9-18/h4-14H,1-3H3. The molecule has 0 amide bonds. The van der Waals surface area contributed by atoms with Gasteiger partial charge in [-0.2, -0.15) is 0 Å². The number of aryl methyl sites for hydroxylation is 1. The molecule has 6 heteroatoms. The average Bonchev–Trinajstić information content (AvgIpc) is 2.67. The lowest BCUT2D eigenvalue weighted by Gasteiger charge is -2.13. The average molecular weight is 401 g/mol. The molecule has 140 valence electrons. The van der Waals surface area contributed by atoms with E-state index < -0.39 is 19.7 Å². The van der Waals surface area contributed by atoms with E-state index in [9.17, 15) is 16.8 Å². The van der Waals surface area contributed by atoms with Crippen LogP contribution in [0.15, 0.2) is 86.3 Å². The molecule has 0 spiro atoms. The van der Waals surface area contributed by atoms with Gasteiger partial charge in [-0.3, -0.25) is 0 Å². The smallest absolute Gasteiger partial charge is 0.206 e. The maximum atomic E-state index is 13.1. The molecule has 0 aliphatic carbocycles. The maximum absolute atomic E-state index is 13.1. The highest BCUT2D eigenvalue weighted by Gasteiger charge is 2.24. The van der Waals surface area contributed by atoms with Crippen molar-refractivity contribution in [3.8, 4) is 0 Å². The Labute approximate surface area is 160 Å². The van der Waals surface area contributed by atoms with Gasteiger partial charge in [0.2, 0.25) is 19.7 Å². The van der Waals surface area contributed by atoms with E-state index in [0.29, 0.717) is 5.56 Å². The van der Waals surface area contributed by atoms with Crippen LogP contribution >= 0.6 is 0 Å². The van der Waals surface area contributed by atoms with E-state index in [4.69, 9.17) is 0 Å². The molecule has 0 heterocycles. The topological polar surface area (TPSA) is 68.3 Å². The predicted molar refractivity (Wildman–Crippen MR) is 104 cm³/mol. The van der Waals surface area contributed by atoms with Crippen molar-refractivity contribution < 1.29 is 16.8 Å². The van der Waals surface area contributed by atoms with Crippen molar-refractivity contribution in [2.45, 2.75) is 40.4 Å². The molecule has 3 rings (SSSR count). The normalized spacial score (nSPS) is 12.1. The molecule has 0 aromatic heterocycles. The Morgan fingerprint density at radius 1 is 0.556 bits per heavy atom. The van der Waals surface area contributed by atoms with Crippen molar-refractivity contribution in [1.82, 2.24) is 0 Å². The van der Waals surface area contributed by atoms with Crippen molar-refractivity contribution in [3.63, 3.8) is 0 Å². The Hall–Kier alpha value is -2.44. The summed E-state index contributed by atoms with van der Waals surface area (Å²) < 4.78 is 51.9. The van der Waals surface area contributed by atoms with Gasteiger partial charge in [0.25, 0.3) is 0 Å². The third-order valence-electron chi connectivity index (χ3n) is 4.78. The van der Waals surface area contributed by atoms with Gasteiger partial charge < -0.3 is 0 Å². The fourth-order valence-corrected chi connectivity index (χ4v) is 5.89. The summed E-state index contributed by atoms with van der Waals surface area (Å²) in [6.07, 6.45) is 0. The summed E-state index contributed by atoms with van der Waals surface area (Å²) in [6.45, 7) is 5.56. The molecule has 0 radical (unpaired) electrons. The molecule has 3 aromatic carbocycles. The largest absolute Gasteiger partial charge is 0.219 e. The Morgan fingerprint density at radius 3 is 1.74 bits per heavy atom. The van der Waals surface area contributed by atoms with E-state index in [-0.39, 0.29) is 19.6 Å². The highest BCUT2D eigenvalue weighted by Crippen LogP contribution is 2.29. The van der Waals surface area contributed by atoms with Crippen LogP contribution in [-0.2, 0) is 19.7 Å². The van der Waals surface area contributed by atoms with Gasteiger partial charge in [-0.15, -0.1) is 0 Å². The quantitative estimate of drug-likeness (QED) is 0.656. The van der Waals surface area contributed by atoms with Crippen LogP contribution in [0.1, 0.15) is 16.7 Å². The zero-order valence-electron chi connectivity index (χ0n) is 15.3. The molecule has 0 unspecified atom stereocenters. The van der Waals surface area contributed by atoms with Gasteiger partial charge in [0, 0.05) is 0 Å². The van der Waals surface area contributed by atoms with Gasteiger partial charge in [-0.25, -0.2) is 16.8 Å². The Kier molecular flexibility index (Phi) is 4.97. The third kappa shape index (κ3) is 3.42. The first-order chi connectivity index (χ1) is 12.7. The third-order valence-corrected chi connectivity index (χ3v) is 8.44. The fourth-order valence-electron chi connectivity index (χ4n) is 2.89. The van der Waals surface area contributed by atoms with E-state index in [0.717, 1.165) is 11.1 Å². The van der Waals surface area contributed by atoms with Crippen LogP contribution < -0.4 is 0 Å². The number of hydrogen-bond acceptors (Lipinski definition) is 4. The van der Waals surface area contributed by atoms with E-state index in [1.807, 2.05) is 13.8 Å². The van der Waals surface area contributed by atoms with Crippen LogP contribution in [0.2, 0.25) is 0 Å². The van der Waals surface area contributed by atoms with Crippen molar-refractivity contribution in [2.24, 2.45) is 0 Å². The fraction of sp³-hybridized carbons (Fsp3) is 0.143. The van der Waals surface area contributed by atoms with E-state index >= 15 is 0 Å². The summed E-state index contributed by atoms with van der Waals surface area (Å²) >= 11 is 0. The molecule has 27 heavy (non-hydrogen) atoms. The number of sulfone groups is 2.